The smallest absolute Gasteiger partial charge is 0.253 e. The molecule has 0 radical (unpaired) electrons. The standard InChI is InChI=1S/C23H25N3O2S/c1-2-28-21-10-8-19(9-11-21)23(27)26-14-12-25(13-15-26)16-20-17-29-22(24-20)18-6-4-3-5-7-18/h3-11,17H,2,12-16H2,1H3. The molecular formula is C23H25N3O2S. The molecule has 6 heteroatoms. The van der Waals surface area contributed by atoms with Crippen LogP contribution in [0.2, 0.25) is 0 Å². The van der Waals surface area contributed by atoms with Gasteiger partial charge in [0.1, 0.15) is 10.8 Å². The molecule has 0 N–H and O–H groups in total. The van der Waals surface area contributed by atoms with E-state index in [0.29, 0.717) is 12.2 Å². The van der Waals surface area contributed by atoms with Crippen molar-refractivity contribution < 1.29 is 9.53 Å². The Morgan fingerprint density at radius 1 is 1.03 bits per heavy atom. The molecule has 0 unspecified atom stereocenters. The Balaban J connectivity index is 1.30. The zero-order valence-corrected chi connectivity index (χ0v) is 17.4. The second-order valence-electron chi connectivity index (χ2n) is 7.04. The minimum absolute atomic E-state index is 0.0905. The average Bonchev–Trinajstić information content (AvgIpc) is 3.24. The molecule has 0 atom stereocenters. The highest BCUT2D eigenvalue weighted by Crippen LogP contribution is 2.24. The summed E-state index contributed by atoms with van der Waals surface area (Å²) >= 11 is 1.69. The van der Waals surface area contributed by atoms with Crippen molar-refractivity contribution in [3.05, 3.63) is 71.2 Å². The minimum atomic E-state index is 0.0905. The lowest BCUT2D eigenvalue weighted by atomic mass is 10.1. The van der Waals surface area contributed by atoms with Crippen LogP contribution < -0.4 is 4.74 Å². The molecule has 3 aromatic rings. The summed E-state index contributed by atoms with van der Waals surface area (Å²) in [5.74, 6) is 0.889. The van der Waals surface area contributed by atoms with Crippen molar-refractivity contribution in [3.63, 3.8) is 0 Å². The van der Waals surface area contributed by atoms with Gasteiger partial charge in [-0.2, -0.15) is 0 Å². The van der Waals surface area contributed by atoms with Crippen molar-refractivity contribution in [1.29, 1.82) is 0 Å². The van der Waals surface area contributed by atoms with E-state index in [1.807, 2.05) is 54.3 Å². The van der Waals surface area contributed by atoms with E-state index in [9.17, 15) is 4.79 Å². The number of piperazine rings is 1. The molecule has 1 saturated heterocycles. The normalized spacial score (nSPS) is 14.7. The molecule has 29 heavy (non-hydrogen) atoms. The van der Waals surface area contributed by atoms with Crippen molar-refractivity contribution in [2.75, 3.05) is 32.8 Å². The molecule has 0 spiro atoms. The molecule has 0 saturated carbocycles. The van der Waals surface area contributed by atoms with Gasteiger partial charge in [0.25, 0.3) is 5.91 Å². The Labute approximate surface area is 175 Å². The third-order valence-corrected chi connectivity index (χ3v) is 5.97. The van der Waals surface area contributed by atoms with E-state index < -0.39 is 0 Å². The first-order chi connectivity index (χ1) is 14.2. The maximum atomic E-state index is 12.8. The van der Waals surface area contributed by atoms with Crippen LogP contribution in [0.4, 0.5) is 0 Å². The van der Waals surface area contributed by atoms with E-state index in [-0.39, 0.29) is 5.91 Å². The second-order valence-corrected chi connectivity index (χ2v) is 7.89. The SMILES string of the molecule is CCOc1ccc(C(=O)N2CCN(Cc3csc(-c4ccccc4)n3)CC2)cc1. The van der Waals surface area contributed by atoms with Gasteiger partial charge in [0.15, 0.2) is 0 Å². The van der Waals surface area contributed by atoms with Crippen molar-refractivity contribution >= 4 is 17.2 Å². The van der Waals surface area contributed by atoms with E-state index in [1.54, 1.807) is 11.3 Å². The fourth-order valence-electron chi connectivity index (χ4n) is 3.47. The Hall–Kier alpha value is -2.70. The molecule has 1 aliphatic rings. The average molecular weight is 408 g/mol. The predicted octanol–water partition coefficient (Wildman–Crippen LogP) is 4.17. The fraction of sp³-hybridized carbons (Fsp3) is 0.304. The molecule has 0 aliphatic carbocycles. The first kappa shape index (κ1) is 19.6. The number of ether oxygens (including phenoxy) is 1. The van der Waals surface area contributed by atoms with Crippen LogP contribution in [0.1, 0.15) is 23.0 Å². The number of hydrogen-bond acceptors (Lipinski definition) is 5. The zero-order valence-electron chi connectivity index (χ0n) is 16.6. The summed E-state index contributed by atoms with van der Waals surface area (Å²) in [5.41, 5.74) is 2.98. The Bertz CT molecular complexity index is 932. The second kappa shape index (κ2) is 9.20. The van der Waals surface area contributed by atoms with E-state index in [4.69, 9.17) is 9.72 Å². The lowest BCUT2D eigenvalue weighted by molar-refractivity contribution is 0.0627. The van der Waals surface area contributed by atoms with E-state index in [1.165, 1.54) is 0 Å². The van der Waals surface area contributed by atoms with Gasteiger partial charge >= 0.3 is 0 Å². The number of carbonyl (C=O) groups excluding carboxylic acids is 1. The van der Waals surface area contributed by atoms with Gasteiger partial charge in [-0.1, -0.05) is 30.3 Å². The number of aromatic nitrogens is 1. The molecule has 2 aromatic carbocycles. The topological polar surface area (TPSA) is 45.7 Å². The van der Waals surface area contributed by atoms with Crippen LogP contribution in [0.5, 0.6) is 5.75 Å². The van der Waals surface area contributed by atoms with Gasteiger partial charge < -0.3 is 9.64 Å². The molecule has 1 fully saturated rings. The van der Waals surface area contributed by atoms with Crippen LogP contribution in [0.15, 0.2) is 60.0 Å². The lowest BCUT2D eigenvalue weighted by Gasteiger charge is -2.34. The number of amides is 1. The molecular weight excluding hydrogens is 382 g/mol. The summed E-state index contributed by atoms with van der Waals surface area (Å²) in [6, 6.07) is 17.7. The Morgan fingerprint density at radius 3 is 2.45 bits per heavy atom. The van der Waals surface area contributed by atoms with Crippen LogP contribution in [0.3, 0.4) is 0 Å². The summed E-state index contributed by atoms with van der Waals surface area (Å²) in [4.78, 5) is 21.8. The van der Waals surface area contributed by atoms with Gasteiger partial charge in [-0.25, -0.2) is 4.98 Å². The van der Waals surface area contributed by atoms with Gasteiger partial charge in [-0.15, -0.1) is 11.3 Å². The molecule has 1 aliphatic heterocycles. The zero-order chi connectivity index (χ0) is 20.1. The third-order valence-electron chi connectivity index (χ3n) is 5.03. The number of nitrogens with zero attached hydrogens (tertiary/aromatic N) is 3. The number of thiazole rings is 1. The van der Waals surface area contributed by atoms with Crippen LogP contribution in [-0.4, -0.2) is 53.5 Å². The van der Waals surface area contributed by atoms with E-state index in [2.05, 4.69) is 22.4 Å². The van der Waals surface area contributed by atoms with Crippen molar-refractivity contribution in [2.45, 2.75) is 13.5 Å². The quantitative estimate of drug-likeness (QED) is 0.615. The fourth-order valence-corrected chi connectivity index (χ4v) is 4.29. The van der Waals surface area contributed by atoms with Crippen molar-refractivity contribution in [1.82, 2.24) is 14.8 Å². The highest BCUT2D eigenvalue weighted by molar-refractivity contribution is 7.13. The maximum Gasteiger partial charge on any atom is 0.253 e. The first-order valence-corrected chi connectivity index (χ1v) is 10.8. The number of carbonyl (C=O) groups is 1. The Morgan fingerprint density at radius 2 is 1.76 bits per heavy atom. The van der Waals surface area contributed by atoms with Crippen LogP contribution in [0.25, 0.3) is 10.6 Å². The van der Waals surface area contributed by atoms with Crippen molar-refractivity contribution in [3.8, 4) is 16.3 Å². The van der Waals surface area contributed by atoms with E-state index in [0.717, 1.165) is 54.7 Å². The third kappa shape index (κ3) is 4.83. The van der Waals surface area contributed by atoms with Crippen LogP contribution >= 0.6 is 11.3 Å². The predicted molar refractivity (Wildman–Crippen MR) is 116 cm³/mol. The Kier molecular flexibility index (Phi) is 6.22. The highest BCUT2D eigenvalue weighted by Gasteiger charge is 2.22. The van der Waals surface area contributed by atoms with Crippen molar-refractivity contribution in [2.24, 2.45) is 0 Å². The summed E-state index contributed by atoms with van der Waals surface area (Å²) in [6.45, 7) is 6.60. The summed E-state index contributed by atoms with van der Waals surface area (Å²) in [6.07, 6.45) is 0. The monoisotopic (exact) mass is 407 g/mol. The summed E-state index contributed by atoms with van der Waals surface area (Å²) < 4.78 is 5.45. The molecule has 5 nitrogen and oxygen atoms in total. The maximum absolute atomic E-state index is 12.8. The molecule has 2 heterocycles. The van der Waals surface area contributed by atoms with Gasteiger partial charge in [0, 0.05) is 49.2 Å². The number of hydrogen-bond donors (Lipinski definition) is 0. The van der Waals surface area contributed by atoms with Crippen LogP contribution in [0, 0.1) is 0 Å². The summed E-state index contributed by atoms with van der Waals surface area (Å²) in [5, 5.41) is 3.20. The van der Waals surface area contributed by atoms with Gasteiger partial charge in [-0.05, 0) is 31.2 Å². The largest absolute Gasteiger partial charge is 0.494 e. The molecule has 4 rings (SSSR count). The molecule has 1 amide bonds. The minimum Gasteiger partial charge on any atom is -0.494 e. The van der Waals surface area contributed by atoms with Gasteiger partial charge in [0.2, 0.25) is 0 Å². The van der Waals surface area contributed by atoms with Crippen LogP contribution in [-0.2, 0) is 6.54 Å². The molecule has 0 bridgehead atoms. The first-order valence-electron chi connectivity index (χ1n) is 9.97. The van der Waals surface area contributed by atoms with Gasteiger partial charge in [-0.3, -0.25) is 9.69 Å². The highest BCUT2D eigenvalue weighted by atomic mass is 32.1. The van der Waals surface area contributed by atoms with E-state index >= 15 is 0 Å². The molecule has 1 aromatic heterocycles. The summed E-state index contributed by atoms with van der Waals surface area (Å²) in [7, 11) is 0. The number of rotatable bonds is 6. The number of benzene rings is 2. The van der Waals surface area contributed by atoms with Gasteiger partial charge in [0.05, 0.1) is 12.3 Å². The molecule has 150 valence electrons. The lowest BCUT2D eigenvalue weighted by Crippen LogP contribution is -2.48.